The molecular weight excluding hydrogens is 192 g/mol. The third-order valence-corrected chi connectivity index (χ3v) is 4.92. The van der Waals surface area contributed by atoms with Crippen molar-refractivity contribution in [3.8, 4) is 0 Å². The van der Waals surface area contributed by atoms with Crippen LogP contribution in [0.25, 0.3) is 0 Å². The molecule has 4 nitrogen and oxygen atoms in total. The lowest BCUT2D eigenvalue weighted by Gasteiger charge is -2.14. The molecule has 0 aliphatic carbocycles. The smallest absolute Gasteiger partial charge is 0.157 e. The Hall–Kier alpha value is -0.130. The molecular formula is C8H14O4S. The molecule has 13 heavy (non-hydrogen) atoms. The van der Waals surface area contributed by atoms with Gasteiger partial charge in [-0.3, -0.25) is 0 Å². The number of ether oxygens (including phenoxy) is 2. The number of hydrogen-bond donors (Lipinski definition) is 0. The van der Waals surface area contributed by atoms with Gasteiger partial charge in [0.25, 0.3) is 0 Å². The highest BCUT2D eigenvalue weighted by Crippen LogP contribution is 2.30. The van der Waals surface area contributed by atoms with E-state index in [9.17, 15) is 8.42 Å². The number of sulfone groups is 1. The molecule has 3 unspecified atom stereocenters. The molecule has 0 aromatic carbocycles. The van der Waals surface area contributed by atoms with E-state index < -0.39 is 15.1 Å². The van der Waals surface area contributed by atoms with E-state index in [0.29, 0.717) is 13.2 Å². The Balaban J connectivity index is 2.18. The van der Waals surface area contributed by atoms with Crippen molar-refractivity contribution < 1.29 is 17.9 Å². The molecule has 2 aliphatic rings. The van der Waals surface area contributed by atoms with E-state index in [1.54, 1.807) is 6.92 Å². The van der Waals surface area contributed by atoms with Crippen molar-refractivity contribution in [1.29, 1.82) is 0 Å². The predicted octanol–water partition coefficient (Wildman–Crippen LogP) is -0.0226. The van der Waals surface area contributed by atoms with E-state index in [0.717, 1.165) is 6.42 Å². The standard InChI is InChI=1S/C8H14O4S/c1-2-13(9,10)7-5-12-6-3-4-11-8(6)7/h6-8H,2-5H2,1H3. The van der Waals surface area contributed by atoms with Crippen molar-refractivity contribution in [1.82, 2.24) is 0 Å². The molecule has 76 valence electrons. The lowest BCUT2D eigenvalue weighted by molar-refractivity contribution is 0.0736. The first-order chi connectivity index (χ1) is 6.15. The summed E-state index contributed by atoms with van der Waals surface area (Å²) in [6.45, 7) is 2.61. The Kier molecular flexibility index (Phi) is 2.33. The van der Waals surface area contributed by atoms with Gasteiger partial charge in [0.15, 0.2) is 9.84 Å². The van der Waals surface area contributed by atoms with E-state index >= 15 is 0 Å². The summed E-state index contributed by atoms with van der Waals surface area (Å²) in [4.78, 5) is 0. The minimum Gasteiger partial charge on any atom is -0.374 e. The first-order valence-corrected chi connectivity index (χ1v) is 6.31. The minimum atomic E-state index is -3.00. The summed E-state index contributed by atoms with van der Waals surface area (Å²) in [6, 6.07) is 0. The van der Waals surface area contributed by atoms with Crippen LogP contribution in [0.3, 0.4) is 0 Å². The second kappa shape index (κ2) is 3.22. The highest BCUT2D eigenvalue weighted by molar-refractivity contribution is 7.92. The van der Waals surface area contributed by atoms with Gasteiger partial charge >= 0.3 is 0 Å². The van der Waals surface area contributed by atoms with Gasteiger partial charge in [0.1, 0.15) is 11.4 Å². The van der Waals surface area contributed by atoms with Crippen LogP contribution in [0, 0.1) is 0 Å². The highest BCUT2D eigenvalue weighted by Gasteiger charge is 2.47. The zero-order valence-electron chi connectivity index (χ0n) is 7.60. The summed E-state index contributed by atoms with van der Waals surface area (Å²) in [5.74, 6) is 0.174. The predicted molar refractivity (Wildman–Crippen MR) is 47.3 cm³/mol. The van der Waals surface area contributed by atoms with E-state index in [1.807, 2.05) is 0 Å². The Morgan fingerprint density at radius 3 is 2.85 bits per heavy atom. The molecule has 0 bridgehead atoms. The molecule has 0 radical (unpaired) electrons. The maximum atomic E-state index is 11.6. The fraction of sp³-hybridized carbons (Fsp3) is 1.00. The first kappa shape index (κ1) is 9.43. The second-order valence-corrected chi connectivity index (χ2v) is 5.99. The monoisotopic (exact) mass is 206 g/mol. The highest BCUT2D eigenvalue weighted by atomic mass is 32.2. The van der Waals surface area contributed by atoms with Gasteiger partial charge in [-0.1, -0.05) is 6.92 Å². The Morgan fingerprint density at radius 1 is 1.38 bits per heavy atom. The van der Waals surface area contributed by atoms with Crippen molar-refractivity contribution in [2.45, 2.75) is 30.8 Å². The van der Waals surface area contributed by atoms with Crippen LogP contribution in [-0.2, 0) is 19.3 Å². The van der Waals surface area contributed by atoms with Crippen LogP contribution in [0.1, 0.15) is 13.3 Å². The Labute approximate surface area is 78.1 Å². The first-order valence-electron chi connectivity index (χ1n) is 4.60. The quantitative estimate of drug-likeness (QED) is 0.637. The third-order valence-electron chi connectivity index (χ3n) is 2.78. The maximum absolute atomic E-state index is 11.6. The molecule has 2 saturated heterocycles. The van der Waals surface area contributed by atoms with Gasteiger partial charge in [-0.15, -0.1) is 0 Å². The van der Waals surface area contributed by atoms with Crippen LogP contribution in [0.4, 0.5) is 0 Å². The Bertz CT molecular complexity index is 285. The SMILES string of the molecule is CCS(=O)(=O)C1COC2CCOC21. The molecule has 0 aromatic rings. The summed E-state index contributed by atoms with van der Waals surface area (Å²) >= 11 is 0. The van der Waals surface area contributed by atoms with Crippen molar-refractivity contribution in [3.05, 3.63) is 0 Å². The average Bonchev–Trinajstić information content (AvgIpc) is 2.62. The summed E-state index contributed by atoms with van der Waals surface area (Å²) in [6.07, 6.45) is 0.650. The van der Waals surface area contributed by atoms with Gasteiger partial charge in [0.05, 0.1) is 12.7 Å². The van der Waals surface area contributed by atoms with Gasteiger partial charge in [0.2, 0.25) is 0 Å². The fourth-order valence-corrected chi connectivity index (χ4v) is 3.33. The van der Waals surface area contributed by atoms with Crippen molar-refractivity contribution >= 4 is 9.84 Å². The number of fused-ring (bicyclic) bond motifs is 1. The molecule has 0 saturated carbocycles. The van der Waals surface area contributed by atoms with Crippen molar-refractivity contribution in [3.63, 3.8) is 0 Å². The molecule has 0 amide bonds. The molecule has 5 heteroatoms. The van der Waals surface area contributed by atoms with Gasteiger partial charge in [-0.2, -0.15) is 0 Å². The van der Waals surface area contributed by atoms with Gasteiger partial charge < -0.3 is 9.47 Å². The van der Waals surface area contributed by atoms with Crippen LogP contribution in [0.15, 0.2) is 0 Å². The molecule has 2 rings (SSSR count). The van der Waals surface area contributed by atoms with Crippen LogP contribution in [0.5, 0.6) is 0 Å². The molecule has 2 fully saturated rings. The molecule has 0 aromatic heterocycles. The zero-order valence-corrected chi connectivity index (χ0v) is 8.42. The number of rotatable bonds is 2. The maximum Gasteiger partial charge on any atom is 0.157 e. The lowest BCUT2D eigenvalue weighted by atomic mass is 10.2. The minimum absolute atomic E-state index is 0.0197. The van der Waals surface area contributed by atoms with Crippen molar-refractivity contribution in [2.75, 3.05) is 19.0 Å². The van der Waals surface area contributed by atoms with Crippen LogP contribution >= 0.6 is 0 Å². The molecule has 0 spiro atoms. The summed E-state index contributed by atoms with van der Waals surface area (Å²) < 4.78 is 33.9. The Morgan fingerprint density at radius 2 is 2.15 bits per heavy atom. The van der Waals surface area contributed by atoms with Gasteiger partial charge in [-0.05, 0) is 6.42 Å². The number of hydrogen-bond acceptors (Lipinski definition) is 4. The van der Waals surface area contributed by atoms with Crippen molar-refractivity contribution in [2.24, 2.45) is 0 Å². The van der Waals surface area contributed by atoms with E-state index in [4.69, 9.17) is 9.47 Å². The molecule has 2 aliphatic heterocycles. The zero-order chi connectivity index (χ0) is 9.47. The second-order valence-electron chi connectivity index (χ2n) is 3.49. The molecule has 2 heterocycles. The topological polar surface area (TPSA) is 52.6 Å². The third kappa shape index (κ3) is 1.49. The molecule has 3 atom stereocenters. The van der Waals surface area contributed by atoms with E-state index in [1.165, 1.54) is 0 Å². The van der Waals surface area contributed by atoms with Crippen LogP contribution in [0.2, 0.25) is 0 Å². The summed E-state index contributed by atoms with van der Waals surface area (Å²) in [5, 5.41) is -0.426. The average molecular weight is 206 g/mol. The summed E-state index contributed by atoms with van der Waals surface area (Å²) in [5.41, 5.74) is 0. The van der Waals surface area contributed by atoms with Gasteiger partial charge in [0, 0.05) is 12.4 Å². The van der Waals surface area contributed by atoms with E-state index in [2.05, 4.69) is 0 Å². The van der Waals surface area contributed by atoms with Crippen LogP contribution in [-0.4, -0.2) is 44.8 Å². The molecule has 0 N–H and O–H groups in total. The van der Waals surface area contributed by atoms with Gasteiger partial charge in [-0.25, -0.2) is 8.42 Å². The largest absolute Gasteiger partial charge is 0.374 e. The normalized spacial score (nSPS) is 39.3. The van der Waals surface area contributed by atoms with Crippen LogP contribution < -0.4 is 0 Å². The lowest BCUT2D eigenvalue weighted by Crippen LogP contribution is -2.35. The summed E-state index contributed by atoms with van der Waals surface area (Å²) in [7, 11) is -3.00. The van der Waals surface area contributed by atoms with E-state index in [-0.39, 0.29) is 18.0 Å². The fourth-order valence-electron chi connectivity index (χ4n) is 1.95.